The number of nitro benzene ring substituents is 1. The Morgan fingerprint density at radius 1 is 1.29 bits per heavy atom. The van der Waals surface area contributed by atoms with Gasteiger partial charge in [-0.3, -0.25) is 15.0 Å². The molecule has 0 radical (unpaired) electrons. The van der Waals surface area contributed by atoms with Crippen LogP contribution in [0.2, 0.25) is 0 Å². The van der Waals surface area contributed by atoms with Gasteiger partial charge in [-0.1, -0.05) is 12.1 Å². The van der Waals surface area contributed by atoms with Gasteiger partial charge in [0, 0.05) is 31.8 Å². The molecule has 3 rings (SSSR count). The lowest BCUT2D eigenvalue weighted by molar-refractivity contribution is -0.384. The highest BCUT2D eigenvalue weighted by atomic mass is 16.6. The van der Waals surface area contributed by atoms with Gasteiger partial charge in [0.15, 0.2) is 0 Å². The number of ether oxygens (including phenoxy) is 2. The number of methoxy groups -OCH3 is 1. The van der Waals surface area contributed by atoms with E-state index < -0.39 is 4.92 Å². The first-order chi connectivity index (χ1) is 13.6. The molecule has 1 saturated heterocycles. The third kappa shape index (κ3) is 4.57. The largest absolute Gasteiger partial charge is 0.497 e. The van der Waals surface area contributed by atoms with Gasteiger partial charge in [0.1, 0.15) is 11.8 Å². The quantitative estimate of drug-likeness (QED) is 0.580. The van der Waals surface area contributed by atoms with Crippen LogP contribution in [0.4, 0.5) is 11.4 Å². The molecule has 1 aliphatic rings. The van der Waals surface area contributed by atoms with E-state index in [1.54, 1.807) is 13.2 Å². The molecule has 2 aromatic rings. The molecular formula is C20H22N4O4. The van der Waals surface area contributed by atoms with Crippen molar-refractivity contribution in [1.29, 1.82) is 5.26 Å². The first-order valence-corrected chi connectivity index (χ1v) is 9.00. The summed E-state index contributed by atoms with van der Waals surface area (Å²) in [6, 6.07) is 14.3. The van der Waals surface area contributed by atoms with E-state index in [0.717, 1.165) is 24.4 Å². The summed E-state index contributed by atoms with van der Waals surface area (Å²) < 4.78 is 10.7. The molecule has 1 fully saturated rings. The average Bonchev–Trinajstić information content (AvgIpc) is 2.75. The molecule has 0 bridgehead atoms. The smallest absolute Gasteiger partial charge is 0.270 e. The van der Waals surface area contributed by atoms with Gasteiger partial charge in [0.05, 0.1) is 42.5 Å². The number of nitriles is 1. The van der Waals surface area contributed by atoms with Crippen molar-refractivity contribution >= 4 is 11.4 Å². The zero-order chi connectivity index (χ0) is 19.9. The third-order valence-electron chi connectivity index (χ3n) is 4.81. The predicted molar refractivity (Wildman–Crippen MR) is 104 cm³/mol. The number of hydrogen-bond donors (Lipinski definition) is 1. The van der Waals surface area contributed by atoms with Gasteiger partial charge >= 0.3 is 0 Å². The van der Waals surface area contributed by atoms with Crippen molar-refractivity contribution in [2.45, 2.75) is 6.04 Å². The zero-order valence-electron chi connectivity index (χ0n) is 15.6. The molecule has 0 aromatic heterocycles. The molecule has 0 spiro atoms. The number of nitrogens with one attached hydrogen (secondary N) is 1. The van der Waals surface area contributed by atoms with Gasteiger partial charge in [-0.05, 0) is 23.8 Å². The number of rotatable bonds is 7. The van der Waals surface area contributed by atoms with Crippen LogP contribution in [0.3, 0.4) is 0 Å². The van der Waals surface area contributed by atoms with E-state index in [1.165, 1.54) is 12.1 Å². The molecule has 1 N–H and O–H groups in total. The van der Waals surface area contributed by atoms with Gasteiger partial charge in [0.25, 0.3) is 5.69 Å². The number of hydrogen-bond acceptors (Lipinski definition) is 7. The Balaban J connectivity index is 1.81. The van der Waals surface area contributed by atoms with Crippen molar-refractivity contribution in [3.05, 3.63) is 63.7 Å². The molecule has 0 aliphatic carbocycles. The Kier molecular flexibility index (Phi) is 6.42. The molecule has 1 heterocycles. The second-order valence-electron chi connectivity index (χ2n) is 6.42. The number of benzene rings is 2. The lowest BCUT2D eigenvalue weighted by Gasteiger charge is -2.35. The summed E-state index contributed by atoms with van der Waals surface area (Å²) in [5.74, 6) is 0.791. The van der Waals surface area contributed by atoms with Gasteiger partial charge in [-0.15, -0.1) is 0 Å². The van der Waals surface area contributed by atoms with Crippen LogP contribution in [0.1, 0.15) is 17.2 Å². The summed E-state index contributed by atoms with van der Waals surface area (Å²) in [7, 11) is 1.63. The third-order valence-corrected chi connectivity index (χ3v) is 4.81. The molecule has 0 saturated carbocycles. The maximum absolute atomic E-state index is 10.9. The number of non-ortho nitro benzene ring substituents is 1. The molecule has 8 nitrogen and oxygen atoms in total. The summed E-state index contributed by atoms with van der Waals surface area (Å²) in [4.78, 5) is 12.8. The Morgan fingerprint density at radius 3 is 2.61 bits per heavy atom. The van der Waals surface area contributed by atoms with Crippen LogP contribution >= 0.6 is 0 Å². The molecule has 146 valence electrons. The lowest BCUT2D eigenvalue weighted by atomic mass is 10.0. The predicted octanol–water partition coefficient (Wildman–Crippen LogP) is 2.96. The molecule has 1 unspecified atom stereocenters. The maximum Gasteiger partial charge on any atom is 0.270 e. The Morgan fingerprint density at radius 2 is 2.00 bits per heavy atom. The molecular weight excluding hydrogens is 360 g/mol. The Labute approximate surface area is 163 Å². The molecule has 28 heavy (non-hydrogen) atoms. The van der Waals surface area contributed by atoms with Crippen molar-refractivity contribution in [3.63, 3.8) is 0 Å². The normalized spacial score (nSPS) is 15.4. The summed E-state index contributed by atoms with van der Waals surface area (Å²) in [6.45, 7) is 3.52. The van der Waals surface area contributed by atoms with Crippen LogP contribution in [0.15, 0.2) is 42.5 Å². The fourth-order valence-electron chi connectivity index (χ4n) is 3.27. The fourth-order valence-corrected chi connectivity index (χ4v) is 3.27. The van der Waals surface area contributed by atoms with Crippen LogP contribution in [0.25, 0.3) is 0 Å². The summed E-state index contributed by atoms with van der Waals surface area (Å²) >= 11 is 0. The highest BCUT2D eigenvalue weighted by Crippen LogP contribution is 2.27. The summed E-state index contributed by atoms with van der Waals surface area (Å²) in [6.07, 6.45) is 0. The second-order valence-corrected chi connectivity index (χ2v) is 6.42. The number of morpholine rings is 1. The molecule has 1 atom stereocenters. The average molecular weight is 382 g/mol. The first kappa shape index (κ1) is 19.6. The standard InChI is InChI=1S/C20H22N4O4/c1-27-18-5-2-15(3-6-18)20(23-8-10-28-11-9-23)14-22-19-7-4-17(24(25)26)12-16(19)13-21/h2-7,12,20,22H,8-11,14H2,1H3. The van der Waals surface area contributed by atoms with Crippen molar-refractivity contribution in [2.75, 3.05) is 45.3 Å². The zero-order valence-corrected chi connectivity index (χ0v) is 15.6. The van der Waals surface area contributed by atoms with Crippen LogP contribution < -0.4 is 10.1 Å². The van der Waals surface area contributed by atoms with Crippen molar-refractivity contribution < 1.29 is 14.4 Å². The van der Waals surface area contributed by atoms with Crippen molar-refractivity contribution in [2.24, 2.45) is 0 Å². The SMILES string of the molecule is COc1ccc(C(CNc2ccc([N+](=O)[O-])cc2C#N)N2CCOCC2)cc1. The maximum atomic E-state index is 10.9. The van der Waals surface area contributed by atoms with Crippen LogP contribution in [0.5, 0.6) is 5.75 Å². The summed E-state index contributed by atoms with van der Waals surface area (Å²) in [5, 5.41) is 23.6. The number of nitro groups is 1. The Hall–Kier alpha value is -3.15. The van der Waals surface area contributed by atoms with E-state index in [-0.39, 0.29) is 17.3 Å². The van der Waals surface area contributed by atoms with E-state index in [2.05, 4.69) is 10.2 Å². The lowest BCUT2D eigenvalue weighted by Crippen LogP contribution is -2.41. The molecule has 2 aromatic carbocycles. The van der Waals surface area contributed by atoms with Gasteiger partial charge in [0.2, 0.25) is 0 Å². The molecule has 1 aliphatic heterocycles. The highest BCUT2D eigenvalue weighted by molar-refractivity contribution is 5.61. The van der Waals surface area contributed by atoms with E-state index in [0.29, 0.717) is 25.4 Å². The van der Waals surface area contributed by atoms with Crippen LogP contribution in [-0.4, -0.2) is 49.8 Å². The number of nitrogens with zero attached hydrogens (tertiary/aromatic N) is 3. The highest BCUT2D eigenvalue weighted by Gasteiger charge is 2.23. The minimum Gasteiger partial charge on any atom is -0.497 e. The van der Waals surface area contributed by atoms with E-state index in [9.17, 15) is 15.4 Å². The van der Waals surface area contributed by atoms with Gasteiger partial charge in [-0.25, -0.2) is 0 Å². The fraction of sp³-hybridized carbons (Fsp3) is 0.350. The monoisotopic (exact) mass is 382 g/mol. The van der Waals surface area contributed by atoms with Crippen LogP contribution in [-0.2, 0) is 4.74 Å². The molecule has 0 amide bonds. The van der Waals surface area contributed by atoms with E-state index in [1.807, 2.05) is 30.3 Å². The van der Waals surface area contributed by atoms with E-state index >= 15 is 0 Å². The van der Waals surface area contributed by atoms with Crippen LogP contribution in [0, 0.1) is 21.4 Å². The summed E-state index contributed by atoms with van der Waals surface area (Å²) in [5.41, 5.74) is 1.86. The first-order valence-electron chi connectivity index (χ1n) is 9.00. The van der Waals surface area contributed by atoms with Crippen molar-refractivity contribution in [1.82, 2.24) is 4.90 Å². The van der Waals surface area contributed by atoms with Crippen molar-refractivity contribution in [3.8, 4) is 11.8 Å². The second kappa shape index (κ2) is 9.17. The number of anilines is 1. The Bertz CT molecular complexity index is 857. The minimum absolute atomic E-state index is 0.0662. The van der Waals surface area contributed by atoms with Gasteiger partial charge < -0.3 is 14.8 Å². The van der Waals surface area contributed by atoms with Gasteiger partial charge in [-0.2, -0.15) is 5.26 Å². The molecule has 8 heteroatoms. The van der Waals surface area contributed by atoms with E-state index in [4.69, 9.17) is 9.47 Å². The topological polar surface area (TPSA) is 101 Å². The minimum atomic E-state index is -0.501.